The number of rotatable bonds is 12. The van der Waals surface area contributed by atoms with Gasteiger partial charge in [0.25, 0.3) is 0 Å². The van der Waals surface area contributed by atoms with Crippen LogP contribution in [-0.4, -0.2) is 59.0 Å². The van der Waals surface area contributed by atoms with Gasteiger partial charge >= 0.3 is 0 Å². The highest BCUT2D eigenvalue weighted by molar-refractivity contribution is 8.00. The third-order valence-corrected chi connectivity index (χ3v) is 6.00. The average molecular weight is 348 g/mol. The Labute approximate surface area is 143 Å². The van der Waals surface area contributed by atoms with Crippen LogP contribution in [0.1, 0.15) is 44.9 Å². The zero-order valence-electron chi connectivity index (χ0n) is 14.0. The normalized spacial score (nSPS) is 24.3. The smallest absolute Gasteiger partial charge is 0.219 e. The minimum atomic E-state index is -0.0290. The van der Waals surface area contributed by atoms with Crippen molar-refractivity contribution >= 4 is 17.7 Å². The maximum atomic E-state index is 11.7. The number of unbranched alkanes of at least 4 members (excludes halogenated alkanes) is 2. The van der Waals surface area contributed by atoms with E-state index in [1.165, 1.54) is 0 Å². The van der Waals surface area contributed by atoms with Crippen molar-refractivity contribution in [2.45, 2.75) is 62.3 Å². The van der Waals surface area contributed by atoms with Gasteiger partial charge in [0.1, 0.15) is 0 Å². The molecular formula is C16H33N3O3S. The Balaban J connectivity index is 1.94. The molecule has 0 aromatic carbocycles. The Morgan fingerprint density at radius 2 is 1.91 bits per heavy atom. The molecule has 3 atom stereocenters. The lowest BCUT2D eigenvalue weighted by atomic mass is 10.0. The highest BCUT2D eigenvalue weighted by atomic mass is 32.2. The molecule has 0 aliphatic carbocycles. The third kappa shape index (κ3) is 8.35. The van der Waals surface area contributed by atoms with Gasteiger partial charge in [0, 0.05) is 55.2 Å². The van der Waals surface area contributed by atoms with Crippen LogP contribution in [0.25, 0.3) is 0 Å². The van der Waals surface area contributed by atoms with Gasteiger partial charge in [0.15, 0.2) is 0 Å². The molecule has 1 aliphatic heterocycles. The van der Waals surface area contributed by atoms with Crippen LogP contribution in [-0.2, 0) is 4.79 Å². The lowest BCUT2D eigenvalue weighted by Gasteiger charge is -2.16. The van der Waals surface area contributed by atoms with Gasteiger partial charge < -0.3 is 27.0 Å². The van der Waals surface area contributed by atoms with E-state index in [0.717, 1.165) is 44.3 Å². The molecule has 1 amide bonds. The topological polar surface area (TPSA) is 122 Å². The first-order valence-electron chi connectivity index (χ1n) is 8.69. The SMILES string of the molecule is NC1CSC(CCCCC(=O)NCCCCC(CO)CO)C1N. The summed E-state index contributed by atoms with van der Waals surface area (Å²) >= 11 is 1.86. The quantitative estimate of drug-likeness (QED) is 0.322. The maximum absolute atomic E-state index is 11.7. The van der Waals surface area contributed by atoms with E-state index in [1.54, 1.807) is 0 Å². The summed E-state index contributed by atoms with van der Waals surface area (Å²) in [6, 6.07) is 0.208. The number of hydrogen-bond acceptors (Lipinski definition) is 6. The van der Waals surface area contributed by atoms with Crippen molar-refractivity contribution in [2.24, 2.45) is 17.4 Å². The first-order valence-corrected chi connectivity index (χ1v) is 9.74. The largest absolute Gasteiger partial charge is 0.396 e. The number of aliphatic hydroxyl groups excluding tert-OH is 2. The molecule has 1 fully saturated rings. The van der Waals surface area contributed by atoms with Crippen molar-refractivity contribution in [1.82, 2.24) is 5.32 Å². The van der Waals surface area contributed by atoms with Gasteiger partial charge in [-0.15, -0.1) is 0 Å². The van der Waals surface area contributed by atoms with Crippen molar-refractivity contribution in [3.63, 3.8) is 0 Å². The molecule has 136 valence electrons. The molecule has 7 N–H and O–H groups in total. The summed E-state index contributed by atoms with van der Waals surface area (Å²) in [5.74, 6) is 1.02. The fraction of sp³-hybridized carbons (Fsp3) is 0.938. The molecule has 0 saturated carbocycles. The van der Waals surface area contributed by atoms with Crippen molar-refractivity contribution in [1.29, 1.82) is 0 Å². The van der Waals surface area contributed by atoms with E-state index in [-0.39, 0.29) is 37.1 Å². The summed E-state index contributed by atoms with van der Waals surface area (Å²) in [5, 5.41) is 21.3. The number of carbonyl (C=O) groups is 1. The van der Waals surface area contributed by atoms with Gasteiger partial charge in [-0.25, -0.2) is 0 Å². The standard InChI is InChI=1S/C16H33N3O3S/c17-13-11-23-14(16(13)18)6-1-2-7-15(22)19-8-4-3-5-12(9-20)10-21/h12-14,16,20-21H,1-11,17-18H2,(H,19,22). The van der Waals surface area contributed by atoms with Crippen molar-refractivity contribution in [2.75, 3.05) is 25.5 Å². The van der Waals surface area contributed by atoms with E-state index < -0.39 is 0 Å². The average Bonchev–Trinajstić information content (AvgIpc) is 2.87. The number of amides is 1. The summed E-state index contributed by atoms with van der Waals surface area (Å²) in [7, 11) is 0. The van der Waals surface area contributed by atoms with Crippen molar-refractivity contribution < 1.29 is 15.0 Å². The van der Waals surface area contributed by atoms with E-state index in [4.69, 9.17) is 21.7 Å². The number of nitrogens with one attached hydrogen (secondary N) is 1. The Morgan fingerprint density at radius 1 is 1.17 bits per heavy atom. The Morgan fingerprint density at radius 3 is 2.52 bits per heavy atom. The number of nitrogens with two attached hydrogens (primary N) is 2. The molecule has 3 unspecified atom stereocenters. The van der Waals surface area contributed by atoms with Gasteiger partial charge in [-0.3, -0.25) is 4.79 Å². The molecule has 0 bridgehead atoms. The Hall–Kier alpha value is -0.340. The van der Waals surface area contributed by atoms with E-state index in [9.17, 15) is 4.79 Å². The zero-order chi connectivity index (χ0) is 17.1. The molecule has 1 heterocycles. The second-order valence-corrected chi connectivity index (χ2v) is 7.71. The molecule has 0 aromatic rings. The van der Waals surface area contributed by atoms with E-state index in [0.29, 0.717) is 18.2 Å². The van der Waals surface area contributed by atoms with Crippen LogP contribution in [0.15, 0.2) is 0 Å². The molecule has 1 rings (SSSR count). The first-order chi connectivity index (χ1) is 11.1. The van der Waals surface area contributed by atoms with Crippen molar-refractivity contribution in [3.8, 4) is 0 Å². The van der Waals surface area contributed by atoms with Crippen LogP contribution >= 0.6 is 11.8 Å². The first kappa shape index (κ1) is 20.7. The van der Waals surface area contributed by atoms with Crippen LogP contribution in [0.4, 0.5) is 0 Å². The molecule has 1 saturated heterocycles. The predicted octanol–water partition coefficient (Wildman–Crippen LogP) is 0.204. The molecule has 0 aromatic heterocycles. The number of thioether (sulfide) groups is 1. The molecule has 0 spiro atoms. The number of hydrogen-bond donors (Lipinski definition) is 5. The van der Waals surface area contributed by atoms with Gasteiger partial charge in [0.2, 0.25) is 5.91 Å². The molecular weight excluding hydrogens is 314 g/mol. The summed E-state index contributed by atoms with van der Waals surface area (Å²) in [4.78, 5) is 11.7. The minimum absolute atomic E-state index is 0.0245. The summed E-state index contributed by atoms with van der Waals surface area (Å²) in [6.07, 6.45) is 6.09. The number of carbonyl (C=O) groups excluding carboxylic acids is 1. The molecule has 0 radical (unpaired) electrons. The third-order valence-electron chi connectivity index (χ3n) is 4.45. The lowest BCUT2D eigenvalue weighted by molar-refractivity contribution is -0.121. The van der Waals surface area contributed by atoms with Crippen LogP contribution in [0, 0.1) is 5.92 Å². The van der Waals surface area contributed by atoms with Crippen LogP contribution < -0.4 is 16.8 Å². The van der Waals surface area contributed by atoms with Gasteiger partial charge in [-0.05, 0) is 25.7 Å². The van der Waals surface area contributed by atoms with E-state index >= 15 is 0 Å². The summed E-state index contributed by atoms with van der Waals surface area (Å²) in [6.45, 7) is 0.716. The fourth-order valence-corrected chi connectivity index (χ4v) is 4.20. The maximum Gasteiger partial charge on any atom is 0.219 e. The molecule has 6 nitrogen and oxygen atoms in total. The lowest BCUT2D eigenvalue weighted by Crippen LogP contribution is -2.43. The number of aliphatic hydroxyl groups is 2. The van der Waals surface area contributed by atoms with Crippen molar-refractivity contribution in [3.05, 3.63) is 0 Å². The highest BCUT2D eigenvalue weighted by Gasteiger charge is 2.30. The Kier molecular flexibility index (Phi) is 10.9. The van der Waals surface area contributed by atoms with Crippen LogP contribution in [0.3, 0.4) is 0 Å². The second-order valence-electron chi connectivity index (χ2n) is 6.44. The molecule has 1 aliphatic rings. The zero-order valence-corrected chi connectivity index (χ0v) is 14.8. The fourth-order valence-electron chi connectivity index (χ4n) is 2.75. The van der Waals surface area contributed by atoms with Gasteiger partial charge in [-0.1, -0.05) is 12.8 Å². The Bertz CT molecular complexity index is 330. The molecule has 7 heteroatoms. The van der Waals surface area contributed by atoms with Crippen LogP contribution in [0.2, 0.25) is 0 Å². The summed E-state index contributed by atoms with van der Waals surface area (Å²) < 4.78 is 0. The van der Waals surface area contributed by atoms with Gasteiger partial charge in [0.05, 0.1) is 0 Å². The van der Waals surface area contributed by atoms with E-state index in [2.05, 4.69) is 5.32 Å². The predicted molar refractivity (Wildman–Crippen MR) is 95.2 cm³/mol. The molecule has 23 heavy (non-hydrogen) atoms. The van der Waals surface area contributed by atoms with Gasteiger partial charge in [-0.2, -0.15) is 11.8 Å². The van der Waals surface area contributed by atoms with Crippen LogP contribution in [0.5, 0.6) is 0 Å². The monoisotopic (exact) mass is 347 g/mol. The second kappa shape index (κ2) is 12.1. The minimum Gasteiger partial charge on any atom is -0.396 e. The van der Waals surface area contributed by atoms with E-state index in [1.807, 2.05) is 11.8 Å². The highest BCUT2D eigenvalue weighted by Crippen LogP contribution is 2.28. The summed E-state index contributed by atoms with van der Waals surface area (Å²) in [5.41, 5.74) is 11.9.